The molecular weight excluding hydrogens is 158 g/mol. The summed E-state index contributed by atoms with van der Waals surface area (Å²) in [6.45, 7) is 0. The van der Waals surface area contributed by atoms with Gasteiger partial charge in [0.2, 0.25) is 0 Å². The lowest BCUT2D eigenvalue weighted by molar-refractivity contribution is -0.135. The highest BCUT2D eigenvalue weighted by Crippen LogP contribution is 2.23. The number of rotatable bonds is 0. The zero-order valence-electron chi connectivity index (χ0n) is 6.03. The first kappa shape index (κ1) is 7.09. The molecule has 1 amide bonds. The van der Waals surface area contributed by atoms with Crippen molar-refractivity contribution in [2.24, 2.45) is 5.92 Å². The quantitative estimate of drug-likeness (QED) is 0.536. The van der Waals surface area contributed by atoms with Gasteiger partial charge in [-0.3, -0.25) is 9.59 Å². The van der Waals surface area contributed by atoms with Crippen LogP contribution in [0.15, 0.2) is 24.0 Å². The minimum atomic E-state index is -0.649. The molecule has 1 unspecified atom stereocenters. The van der Waals surface area contributed by atoms with Crippen molar-refractivity contribution in [2.75, 3.05) is 0 Å². The summed E-state index contributed by atoms with van der Waals surface area (Å²) in [7, 11) is 0. The Hall–Kier alpha value is -1.58. The van der Waals surface area contributed by atoms with Gasteiger partial charge in [0.1, 0.15) is 12.2 Å². The van der Waals surface area contributed by atoms with Crippen molar-refractivity contribution in [3.63, 3.8) is 0 Å². The summed E-state index contributed by atoms with van der Waals surface area (Å²) in [6.07, 6.45) is 7.02. The van der Waals surface area contributed by atoms with E-state index < -0.39 is 11.8 Å². The number of allylic oxidation sites excluding steroid dienone is 4. The van der Waals surface area contributed by atoms with E-state index in [1.807, 2.05) is 0 Å². The summed E-state index contributed by atoms with van der Waals surface area (Å²) in [5.41, 5.74) is 2.10. The average molecular weight is 163 g/mol. The summed E-state index contributed by atoms with van der Waals surface area (Å²) < 4.78 is 0. The minimum absolute atomic E-state index is 0.178. The van der Waals surface area contributed by atoms with E-state index in [1.54, 1.807) is 12.2 Å². The van der Waals surface area contributed by atoms with Gasteiger partial charge in [-0.15, -0.1) is 0 Å². The van der Waals surface area contributed by atoms with Crippen molar-refractivity contribution in [1.82, 2.24) is 5.48 Å². The number of fused-ring (bicyclic) bond motifs is 1. The third-order valence-corrected chi connectivity index (χ3v) is 1.63. The molecule has 4 nitrogen and oxygen atoms in total. The summed E-state index contributed by atoms with van der Waals surface area (Å²) in [5.74, 6) is -0.908. The first-order chi connectivity index (χ1) is 5.77. The molecule has 0 saturated carbocycles. The Morgan fingerprint density at radius 3 is 3.17 bits per heavy atom. The van der Waals surface area contributed by atoms with E-state index in [-0.39, 0.29) is 5.78 Å². The lowest BCUT2D eigenvalue weighted by Crippen LogP contribution is -2.38. The van der Waals surface area contributed by atoms with Gasteiger partial charge >= 0.3 is 0 Å². The Labute approximate surface area is 68.8 Å². The Morgan fingerprint density at radius 1 is 1.50 bits per heavy atom. The van der Waals surface area contributed by atoms with Crippen molar-refractivity contribution < 1.29 is 14.4 Å². The van der Waals surface area contributed by atoms with Gasteiger partial charge in [0, 0.05) is 0 Å². The Morgan fingerprint density at radius 2 is 2.33 bits per heavy atom. The number of amides is 1. The first-order valence-corrected chi connectivity index (χ1v) is 3.43. The predicted molar refractivity (Wildman–Crippen MR) is 38.2 cm³/mol. The number of hydrogen-bond donors (Lipinski definition) is 1. The van der Waals surface area contributed by atoms with Crippen LogP contribution in [0.3, 0.4) is 0 Å². The van der Waals surface area contributed by atoms with Crippen molar-refractivity contribution in [3.8, 4) is 0 Å². The maximum absolute atomic E-state index is 11.1. The van der Waals surface area contributed by atoms with Crippen LogP contribution in [0, 0.1) is 12.3 Å². The highest BCUT2D eigenvalue weighted by molar-refractivity contribution is 6.02. The Balaban J connectivity index is 2.27. The lowest BCUT2D eigenvalue weighted by Gasteiger charge is -2.23. The van der Waals surface area contributed by atoms with E-state index >= 15 is 0 Å². The zero-order chi connectivity index (χ0) is 8.55. The number of carbonyl (C=O) groups is 2. The SMILES string of the molecule is O=C1[C]C2C(=O)C=CC=C2ON1. The van der Waals surface area contributed by atoms with Gasteiger partial charge < -0.3 is 4.84 Å². The number of hydrogen-bond acceptors (Lipinski definition) is 3. The first-order valence-electron chi connectivity index (χ1n) is 3.43. The van der Waals surface area contributed by atoms with Crippen LogP contribution in [0.5, 0.6) is 0 Å². The molecule has 1 aliphatic carbocycles. The maximum atomic E-state index is 11.1. The van der Waals surface area contributed by atoms with Crippen LogP contribution in [-0.2, 0) is 14.4 Å². The molecule has 4 heteroatoms. The van der Waals surface area contributed by atoms with Crippen LogP contribution < -0.4 is 5.48 Å². The van der Waals surface area contributed by atoms with E-state index in [0.29, 0.717) is 5.76 Å². The van der Waals surface area contributed by atoms with Crippen molar-refractivity contribution in [1.29, 1.82) is 0 Å². The standard InChI is InChI=1S/C8H5NO3/c10-6-2-1-3-7-5(6)4-8(11)9-12-7/h1-3,5H,(H,9,11). The number of ketones is 1. The smallest absolute Gasteiger partial charge is 0.262 e. The van der Waals surface area contributed by atoms with E-state index in [1.165, 1.54) is 6.08 Å². The topological polar surface area (TPSA) is 55.4 Å². The highest BCUT2D eigenvalue weighted by Gasteiger charge is 2.32. The van der Waals surface area contributed by atoms with Gasteiger partial charge in [-0.05, 0) is 12.2 Å². The molecule has 1 aliphatic heterocycles. The molecule has 2 radical (unpaired) electrons. The van der Waals surface area contributed by atoms with E-state index in [9.17, 15) is 9.59 Å². The van der Waals surface area contributed by atoms with Crippen LogP contribution in [0.2, 0.25) is 0 Å². The van der Waals surface area contributed by atoms with Gasteiger partial charge in [0.15, 0.2) is 5.78 Å². The van der Waals surface area contributed by atoms with Gasteiger partial charge in [0.05, 0.1) is 5.92 Å². The second kappa shape index (κ2) is 2.48. The van der Waals surface area contributed by atoms with Crippen LogP contribution in [0.1, 0.15) is 0 Å². The molecule has 1 N–H and O–H groups in total. The van der Waals surface area contributed by atoms with E-state index in [0.717, 1.165) is 0 Å². The van der Waals surface area contributed by atoms with Crippen LogP contribution in [-0.4, -0.2) is 11.7 Å². The van der Waals surface area contributed by atoms with Gasteiger partial charge in [-0.1, -0.05) is 6.08 Å². The second-order valence-electron chi connectivity index (χ2n) is 2.44. The average Bonchev–Trinajstić information content (AvgIpc) is 2.07. The molecule has 2 aliphatic rings. The fourth-order valence-electron chi connectivity index (χ4n) is 1.07. The largest absolute Gasteiger partial charge is 0.383 e. The normalized spacial score (nSPS) is 27.0. The lowest BCUT2D eigenvalue weighted by atomic mass is 9.93. The Bertz CT molecular complexity index is 303. The van der Waals surface area contributed by atoms with Crippen molar-refractivity contribution in [3.05, 3.63) is 30.4 Å². The molecule has 1 atom stereocenters. The van der Waals surface area contributed by atoms with Crippen molar-refractivity contribution >= 4 is 11.7 Å². The second-order valence-corrected chi connectivity index (χ2v) is 2.44. The number of carbonyl (C=O) groups excluding carboxylic acids is 2. The zero-order valence-corrected chi connectivity index (χ0v) is 6.03. The monoisotopic (exact) mass is 163 g/mol. The molecule has 1 saturated heterocycles. The minimum Gasteiger partial charge on any atom is -0.383 e. The summed E-state index contributed by atoms with van der Waals surface area (Å²) in [5, 5.41) is 0. The maximum Gasteiger partial charge on any atom is 0.262 e. The molecule has 60 valence electrons. The third kappa shape index (κ3) is 1.01. The summed E-state index contributed by atoms with van der Waals surface area (Å²) in [4.78, 5) is 26.6. The molecule has 0 bridgehead atoms. The molecule has 0 aromatic rings. The molecule has 2 rings (SSSR count). The highest BCUT2D eigenvalue weighted by atomic mass is 16.7. The summed E-state index contributed by atoms with van der Waals surface area (Å²) in [6, 6.07) is 0. The number of nitrogens with one attached hydrogen (secondary N) is 1. The van der Waals surface area contributed by atoms with Crippen molar-refractivity contribution in [2.45, 2.75) is 0 Å². The van der Waals surface area contributed by atoms with E-state index in [2.05, 4.69) is 11.9 Å². The fourth-order valence-corrected chi connectivity index (χ4v) is 1.07. The Kier molecular flexibility index (Phi) is 1.46. The van der Waals surface area contributed by atoms with Crippen LogP contribution in [0.4, 0.5) is 0 Å². The molecule has 12 heavy (non-hydrogen) atoms. The van der Waals surface area contributed by atoms with Gasteiger partial charge in [-0.2, -0.15) is 5.48 Å². The van der Waals surface area contributed by atoms with E-state index in [4.69, 9.17) is 4.84 Å². The fraction of sp³-hybridized carbons (Fsp3) is 0.125. The molecule has 1 fully saturated rings. The molecule has 0 aromatic heterocycles. The van der Waals surface area contributed by atoms with Crippen LogP contribution >= 0.6 is 0 Å². The molecular formula is C8H5NO3. The van der Waals surface area contributed by atoms with Gasteiger partial charge in [-0.25, -0.2) is 0 Å². The van der Waals surface area contributed by atoms with Gasteiger partial charge in [0.25, 0.3) is 5.91 Å². The van der Waals surface area contributed by atoms with Crippen LogP contribution in [0.25, 0.3) is 0 Å². The molecule has 1 heterocycles. The summed E-state index contributed by atoms with van der Waals surface area (Å²) >= 11 is 0. The number of hydroxylamine groups is 1. The molecule has 0 spiro atoms. The third-order valence-electron chi connectivity index (χ3n) is 1.63. The molecule has 0 aromatic carbocycles. The predicted octanol–water partition coefficient (Wildman–Crippen LogP) is -0.232.